The molecule has 1 heterocycles. The van der Waals surface area contributed by atoms with Crippen LogP contribution in [0, 0.1) is 0 Å². The lowest BCUT2D eigenvalue weighted by Gasteiger charge is -2.27. The van der Waals surface area contributed by atoms with Gasteiger partial charge in [-0.2, -0.15) is 0 Å². The number of nitrogens with zero attached hydrogens (tertiary/aromatic N) is 2. The highest BCUT2D eigenvalue weighted by Crippen LogP contribution is 2.32. The van der Waals surface area contributed by atoms with Gasteiger partial charge in [-0.3, -0.25) is 0 Å². The van der Waals surface area contributed by atoms with E-state index in [9.17, 15) is 0 Å². The first-order valence-electron chi connectivity index (χ1n) is 7.74. The number of nitrogens with one attached hydrogen (secondary N) is 1. The van der Waals surface area contributed by atoms with Crippen LogP contribution >= 0.6 is 0 Å². The van der Waals surface area contributed by atoms with E-state index in [0.717, 1.165) is 30.9 Å². The lowest BCUT2D eigenvalue weighted by atomic mass is 9.88. The van der Waals surface area contributed by atoms with Crippen molar-refractivity contribution < 1.29 is 0 Å². The van der Waals surface area contributed by atoms with E-state index in [-0.39, 0.29) is 0 Å². The third-order valence-electron chi connectivity index (χ3n) is 3.96. The van der Waals surface area contributed by atoms with E-state index < -0.39 is 0 Å². The highest BCUT2D eigenvalue weighted by atomic mass is 15.1. The molecule has 110 valence electrons. The zero-order valence-corrected chi connectivity index (χ0v) is 12.5. The van der Waals surface area contributed by atoms with Gasteiger partial charge in [-0.05, 0) is 36.8 Å². The SMILES string of the molecule is CCCc1nc(N)cc(NC2CCCc3ccccc32)n1. The van der Waals surface area contributed by atoms with Gasteiger partial charge in [0.05, 0.1) is 6.04 Å². The third kappa shape index (κ3) is 3.15. The van der Waals surface area contributed by atoms with E-state index in [0.29, 0.717) is 11.9 Å². The van der Waals surface area contributed by atoms with Gasteiger partial charge < -0.3 is 11.1 Å². The van der Waals surface area contributed by atoms with Crippen molar-refractivity contribution in [2.24, 2.45) is 0 Å². The molecular formula is C17H22N4. The van der Waals surface area contributed by atoms with Crippen LogP contribution in [0.25, 0.3) is 0 Å². The Bertz CT molecular complexity index is 624. The van der Waals surface area contributed by atoms with E-state index >= 15 is 0 Å². The number of fused-ring (bicyclic) bond motifs is 1. The highest BCUT2D eigenvalue weighted by molar-refractivity contribution is 5.47. The molecule has 1 aliphatic rings. The summed E-state index contributed by atoms with van der Waals surface area (Å²) in [6.45, 7) is 2.12. The standard InChI is InChI=1S/C17H22N4/c1-2-6-16-20-15(18)11-17(21-16)19-14-10-5-8-12-7-3-4-9-13(12)14/h3-4,7,9,11,14H,2,5-6,8,10H2,1H3,(H3,18,19,20,21). The number of hydrogen-bond donors (Lipinski definition) is 2. The van der Waals surface area contributed by atoms with Crippen LogP contribution < -0.4 is 11.1 Å². The smallest absolute Gasteiger partial charge is 0.133 e. The van der Waals surface area contributed by atoms with E-state index in [1.165, 1.54) is 24.0 Å². The summed E-state index contributed by atoms with van der Waals surface area (Å²) in [5.74, 6) is 2.21. The topological polar surface area (TPSA) is 63.8 Å². The maximum absolute atomic E-state index is 5.90. The lowest BCUT2D eigenvalue weighted by molar-refractivity contribution is 0.598. The van der Waals surface area contributed by atoms with Gasteiger partial charge in [-0.15, -0.1) is 0 Å². The summed E-state index contributed by atoms with van der Waals surface area (Å²) in [6, 6.07) is 10.8. The van der Waals surface area contributed by atoms with Crippen LogP contribution in [0.2, 0.25) is 0 Å². The third-order valence-corrected chi connectivity index (χ3v) is 3.96. The van der Waals surface area contributed by atoms with E-state index in [1.807, 2.05) is 6.07 Å². The summed E-state index contributed by atoms with van der Waals surface area (Å²) in [5, 5.41) is 3.55. The molecule has 4 heteroatoms. The molecule has 1 aromatic heterocycles. The molecule has 0 aliphatic heterocycles. The van der Waals surface area contributed by atoms with E-state index in [4.69, 9.17) is 5.73 Å². The molecular weight excluding hydrogens is 260 g/mol. The maximum Gasteiger partial charge on any atom is 0.133 e. The normalized spacial score (nSPS) is 17.3. The second-order valence-electron chi connectivity index (χ2n) is 5.63. The minimum absolute atomic E-state index is 0.318. The van der Waals surface area contributed by atoms with E-state index in [2.05, 4.69) is 46.5 Å². The highest BCUT2D eigenvalue weighted by Gasteiger charge is 2.20. The van der Waals surface area contributed by atoms with Crippen molar-refractivity contribution in [1.82, 2.24) is 9.97 Å². The summed E-state index contributed by atoms with van der Waals surface area (Å²) in [4.78, 5) is 8.88. The van der Waals surface area contributed by atoms with Gasteiger partial charge in [0, 0.05) is 12.5 Å². The van der Waals surface area contributed by atoms with Crippen molar-refractivity contribution in [3.8, 4) is 0 Å². The van der Waals surface area contributed by atoms with E-state index in [1.54, 1.807) is 0 Å². The summed E-state index contributed by atoms with van der Waals surface area (Å²) in [6.07, 6.45) is 5.39. The molecule has 0 saturated heterocycles. The zero-order valence-electron chi connectivity index (χ0n) is 12.5. The minimum atomic E-state index is 0.318. The molecule has 1 atom stereocenters. The van der Waals surface area contributed by atoms with Crippen molar-refractivity contribution in [3.05, 3.63) is 47.3 Å². The molecule has 1 aliphatic carbocycles. The van der Waals surface area contributed by atoms with Gasteiger partial charge in [-0.1, -0.05) is 31.2 Å². The molecule has 1 aromatic carbocycles. The molecule has 1 unspecified atom stereocenters. The maximum atomic E-state index is 5.90. The molecule has 0 amide bonds. The Hall–Kier alpha value is -2.10. The Kier molecular flexibility index (Phi) is 4.04. The predicted molar refractivity (Wildman–Crippen MR) is 86.2 cm³/mol. The van der Waals surface area contributed by atoms with Gasteiger partial charge in [-0.25, -0.2) is 9.97 Å². The zero-order chi connectivity index (χ0) is 14.7. The Morgan fingerprint density at radius 3 is 3.00 bits per heavy atom. The monoisotopic (exact) mass is 282 g/mol. The fourth-order valence-corrected chi connectivity index (χ4v) is 3.01. The number of aromatic nitrogens is 2. The molecule has 3 rings (SSSR count). The molecule has 0 saturated carbocycles. The average molecular weight is 282 g/mol. The quantitative estimate of drug-likeness (QED) is 0.901. The lowest BCUT2D eigenvalue weighted by Crippen LogP contribution is -2.18. The number of nitrogens with two attached hydrogens (primary N) is 1. The van der Waals surface area contributed by atoms with Crippen LogP contribution in [0.15, 0.2) is 30.3 Å². The van der Waals surface area contributed by atoms with Crippen molar-refractivity contribution in [2.45, 2.75) is 45.1 Å². The molecule has 0 bridgehead atoms. The Balaban J connectivity index is 1.84. The molecule has 0 radical (unpaired) electrons. The number of hydrogen-bond acceptors (Lipinski definition) is 4. The second-order valence-corrected chi connectivity index (χ2v) is 5.63. The molecule has 21 heavy (non-hydrogen) atoms. The first kappa shape index (κ1) is 13.9. The Morgan fingerprint density at radius 2 is 2.14 bits per heavy atom. The van der Waals surface area contributed by atoms with Crippen LogP contribution in [0.5, 0.6) is 0 Å². The largest absolute Gasteiger partial charge is 0.384 e. The van der Waals surface area contributed by atoms with Crippen LogP contribution in [-0.2, 0) is 12.8 Å². The number of aryl methyl sites for hydroxylation is 2. The summed E-state index contributed by atoms with van der Waals surface area (Å²) in [5.41, 5.74) is 8.73. The van der Waals surface area contributed by atoms with Crippen molar-refractivity contribution in [2.75, 3.05) is 11.1 Å². The number of anilines is 2. The summed E-state index contributed by atoms with van der Waals surface area (Å²) in [7, 11) is 0. The summed E-state index contributed by atoms with van der Waals surface area (Å²) >= 11 is 0. The minimum Gasteiger partial charge on any atom is -0.384 e. The first-order valence-corrected chi connectivity index (χ1v) is 7.74. The molecule has 2 aromatic rings. The Morgan fingerprint density at radius 1 is 1.29 bits per heavy atom. The molecule has 0 spiro atoms. The Labute approximate surface area is 125 Å². The van der Waals surface area contributed by atoms with Crippen molar-refractivity contribution in [3.63, 3.8) is 0 Å². The first-order chi connectivity index (χ1) is 10.3. The predicted octanol–water partition coefficient (Wildman–Crippen LogP) is 3.50. The fraction of sp³-hybridized carbons (Fsp3) is 0.412. The molecule has 3 N–H and O–H groups in total. The summed E-state index contributed by atoms with van der Waals surface area (Å²) < 4.78 is 0. The average Bonchev–Trinajstić information content (AvgIpc) is 2.47. The number of nitrogen functional groups attached to an aromatic ring is 1. The van der Waals surface area contributed by atoms with Gasteiger partial charge in [0.2, 0.25) is 0 Å². The number of benzene rings is 1. The fourth-order valence-electron chi connectivity index (χ4n) is 3.01. The van der Waals surface area contributed by atoms with Crippen LogP contribution in [0.1, 0.15) is 49.2 Å². The van der Waals surface area contributed by atoms with Crippen LogP contribution in [0.4, 0.5) is 11.6 Å². The molecule has 0 fully saturated rings. The van der Waals surface area contributed by atoms with Gasteiger partial charge in [0.15, 0.2) is 0 Å². The van der Waals surface area contributed by atoms with Gasteiger partial charge in [0.1, 0.15) is 17.5 Å². The van der Waals surface area contributed by atoms with Crippen molar-refractivity contribution in [1.29, 1.82) is 0 Å². The van der Waals surface area contributed by atoms with Crippen molar-refractivity contribution >= 4 is 11.6 Å². The van der Waals surface area contributed by atoms with Crippen LogP contribution in [-0.4, -0.2) is 9.97 Å². The second kappa shape index (κ2) is 6.12. The number of rotatable bonds is 4. The van der Waals surface area contributed by atoms with Crippen LogP contribution in [0.3, 0.4) is 0 Å². The molecule has 4 nitrogen and oxygen atoms in total. The van der Waals surface area contributed by atoms with Gasteiger partial charge in [0.25, 0.3) is 0 Å². The van der Waals surface area contributed by atoms with Gasteiger partial charge >= 0.3 is 0 Å².